The summed E-state index contributed by atoms with van der Waals surface area (Å²) in [6.07, 6.45) is 2.14. The van der Waals surface area contributed by atoms with E-state index in [4.69, 9.17) is 14.6 Å². The highest BCUT2D eigenvalue weighted by atomic mass is 79.9. The summed E-state index contributed by atoms with van der Waals surface area (Å²) in [7, 11) is 3.15. The van der Waals surface area contributed by atoms with Gasteiger partial charge < -0.3 is 9.47 Å². The molecule has 0 spiro atoms. The number of rotatable bonds is 6. The van der Waals surface area contributed by atoms with E-state index in [9.17, 15) is 9.59 Å². The van der Waals surface area contributed by atoms with Crippen molar-refractivity contribution in [2.24, 2.45) is 5.10 Å². The van der Waals surface area contributed by atoms with E-state index in [0.717, 1.165) is 21.3 Å². The molecule has 1 unspecified atom stereocenters. The van der Waals surface area contributed by atoms with Crippen molar-refractivity contribution in [1.29, 1.82) is 0 Å². The molecule has 0 N–H and O–H groups in total. The van der Waals surface area contributed by atoms with Crippen molar-refractivity contribution in [3.63, 3.8) is 0 Å². The van der Waals surface area contributed by atoms with Crippen LogP contribution in [-0.2, 0) is 16.9 Å². The van der Waals surface area contributed by atoms with Gasteiger partial charge in [0, 0.05) is 16.3 Å². The third-order valence-corrected chi connectivity index (χ3v) is 7.45. The molecule has 10 nitrogen and oxygen atoms in total. The standard InChI is InChI=1S/C29H31BrN6O4/c1-17-21-15-31-36(29(2,3)4)27(21)28(38)34(32-17)16-26(37)35-23(19-9-12-24(39-5)25(13-19)40-6)14-22(33-35)18-7-10-20(30)11-8-18/h7-13,15,23H,14,16H2,1-6H3. The number of benzene rings is 2. The van der Waals surface area contributed by atoms with Crippen molar-refractivity contribution in [3.8, 4) is 11.5 Å². The molecular weight excluding hydrogens is 576 g/mol. The van der Waals surface area contributed by atoms with E-state index in [2.05, 4.69) is 26.1 Å². The first-order valence-corrected chi connectivity index (χ1v) is 13.6. The number of hydrogen-bond acceptors (Lipinski definition) is 7. The van der Waals surface area contributed by atoms with Crippen LogP contribution in [0, 0.1) is 6.92 Å². The predicted molar refractivity (Wildman–Crippen MR) is 156 cm³/mol. The first-order chi connectivity index (χ1) is 19.0. The number of carbonyl (C=O) groups excluding carboxylic acids is 1. The molecular formula is C29H31BrN6O4. The first-order valence-electron chi connectivity index (χ1n) is 12.8. The molecule has 1 aliphatic rings. The molecule has 0 radical (unpaired) electrons. The van der Waals surface area contributed by atoms with Crippen molar-refractivity contribution >= 4 is 38.5 Å². The Kier molecular flexibility index (Phi) is 7.26. The summed E-state index contributed by atoms with van der Waals surface area (Å²) in [5.74, 6) is 0.784. The fraction of sp³-hybridized carbons (Fsp3) is 0.345. The normalized spacial score (nSPS) is 15.4. The van der Waals surface area contributed by atoms with Crippen molar-refractivity contribution in [2.45, 2.75) is 52.2 Å². The summed E-state index contributed by atoms with van der Waals surface area (Å²) < 4.78 is 14.8. The van der Waals surface area contributed by atoms with Gasteiger partial charge in [-0.25, -0.2) is 9.69 Å². The summed E-state index contributed by atoms with van der Waals surface area (Å²) >= 11 is 3.47. The number of nitrogens with zero attached hydrogens (tertiary/aromatic N) is 6. The minimum atomic E-state index is -0.423. The lowest BCUT2D eigenvalue weighted by atomic mass is 9.98. The van der Waals surface area contributed by atoms with Gasteiger partial charge in [0.1, 0.15) is 12.1 Å². The zero-order valence-electron chi connectivity index (χ0n) is 23.3. The van der Waals surface area contributed by atoms with Crippen LogP contribution in [0.5, 0.6) is 11.5 Å². The quantitative estimate of drug-likeness (QED) is 0.312. The summed E-state index contributed by atoms with van der Waals surface area (Å²) in [4.78, 5) is 27.4. The summed E-state index contributed by atoms with van der Waals surface area (Å²) in [5.41, 5.74) is 2.75. The SMILES string of the molecule is COc1ccc(C2CC(c3ccc(Br)cc3)=NN2C(=O)Cn2nc(C)c3cnn(C(C)(C)C)c3c2=O)cc1OC. The number of hydrazone groups is 1. The monoisotopic (exact) mass is 606 g/mol. The second-order valence-electron chi connectivity index (χ2n) is 10.7. The lowest BCUT2D eigenvalue weighted by Crippen LogP contribution is -2.36. The molecule has 2 aromatic carbocycles. The summed E-state index contributed by atoms with van der Waals surface area (Å²) in [6.45, 7) is 7.46. The molecule has 40 heavy (non-hydrogen) atoms. The van der Waals surface area contributed by atoms with Gasteiger partial charge in [-0.3, -0.25) is 14.3 Å². The highest BCUT2D eigenvalue weighted by Crippen LogP contribution is 2.37. The lowest BCUT2D eigenvalue weighted by molar-refractivity contribution is -0.133. The van der Waals surface area contributed by atoms with E-state index in [1.54, 1.807) is 25.1 Å². The number of methoxy groups -OCH3 is 2. The van der Waals surface area contributed by atoms with Crippen LogP contribution in [-0.4, -0.2) is 50.4 Å². The number of halogens is 1. The van der Waals surface area contributed by atoms with Gasteiger partial charge in [0.25, 0.3) is 11.5 Å². The number of fused-ring (bicyclic) bond motifs is 1. The Hall–Kier alpha value is -3.99. The molecule has 0 fully saturated rings. The molecule has 0 saturated heterocycles. The number of aromatic nitrogens is 4. The van der Waals surface area contributed by atoms with Crippen LogP contribution in [0.1, 0.15) is 50.1 Å². The van der Waals surface area contributed by atoms with E-state index in [-0.39, 0.29) is 18.0 Å². The van der Waals surface area contributed by atoms with Crippen LogP contribution < -0.4 is 15.0 Å². The summed E-state index contributed by atoms with van der Waals surface area (Å²) in [5, 5.41) is 15.8. The van der Waals surface area contributed by atoms with Gasteiger partial charge in [-0.05, 0) is 63.1 Å². The number of amides is 1. The Morgan fingerprint density at radius 3 is 2.42 bits per heavy atom. The molecule has 11 heteroatoms. The highest BCUT2D eigenvalue weighted by molar-refractivity contribution is 9.10. The Labute approximate surface area is 240 Å². The van der Waals surface area contributed by atoms with Crippen LogP contribution in [0.25, 0.3) is 10.9 Å². The minimum absolute atomic E-state index is 0.272. The third kappa shape index (κ3) is 5.01. The maximum atomic E-state index is 13.9. The van der Waals surface area contributed by atoms with Gasteiger partial charge in [0.15, 0.2) is 11.5 Å². The second-order valence-corrected chi connectivity index (χ2v) is 11.6. The average molecular weight is 608 g/mol. The van der Waals surface area contributed by atoms with Crippen LogP contribution in [0.3, 0.4) is 0 Å². The molecule has 0 saturated carbocycles. The van der Waals surface area contributed by atoms with Gasteiger partial charge in [-0.2, -0.15) is 15.3 Å². The van der Waals surface area contributed by atoms with E-state index in [1.165, 1.54) is 9.69 Å². The Morgan fingerprint density at radius 1 is 1.07 bits per heavy atom. The maximum Gasteiger partial charge on any atom is 0.293 e. The summed E-state index contributed by atoms with van der Waals surface area (Å²) in [6, 6.07) is 12.9. The molecule has 4 aromatic rings. The van der Waals surface area contributed by atoms with Gasteiger partial charge in [0.05, 0.1) is 43.4 Å². The van der Waals surface area contributed by atoms with Crippen molar-refractivity contribution in [3.05, 3.63) is 80.3 Å². The number of ether oxygens (including phenoxy) is 2. The molecule has 0 bridgehead atoms. The molecule has 1 atom stereocenters. The second kappa shape index (κ2) is 10.5. The molecule has 208 valence electrons. The molecule has 1 aliphatic heterocycles. The van der Waals surface area contributed by atoms with E-state index in [0.29, 0.717) is 34.5 Å². The topological polar surface area (TPSA) is 104 Å². The fourth-order valence-corrected chi connectivity index (χ4v) is 5.18. The van der Waals surface area contributed by atoms with Gasteiger partial charge in [-0.15, -0.1) is 0 Å². The van der Waals surface area contributed by atoms with Crippen LogP contribution in [0.15, 0.2) is 63.0 Å². The smallest absolute Gasteiger partial charge is 0.293 e. The minimum Gasteiger partial charge on any atom is -0.493 e. The Balaban J connectivity index is 1.55. The lowest BCUT2D eigenvalue weighted by Gasteiger charge is -2.23. The average Bonchev–Trinajstić information content (AvgIpc) is 3.58. The molecule has 3 heterocycles. The highest BCUT2D eigenvalue weighted by Gasteiger charge is 2.34. The van der Waals surface area contributed by atoms with Crippen molar-refractivity contribution in [2.75, 3.05) is 14.2 Å². The van der Waals surface area contributed by atoms with Gasteiger partial charge in [-0.1, -0.05) is 34.1 Å². The molecule has 0 aliphatic carbocycles. The third-order valence-electron chi connectivity index (χ3n) is 6.92. The van der Waals surface area contributed by atoms with Gasteiger partial charge >= 0.3 is 0 Å². The van der Waals surface area contributed by atoms with E-state index >= 15 is 0 Å². The predicted octanol–water partition coefficient (Wildman–Crippen LogP) is 4.81. The van der Waals surface area contributed by atoms with Crippen LogP contribution >= 0.6 is 15.9 Å². The number of carbonyl (C=O) groups is 1. The van der Waals surface area contributed by atoms with E-state index in [1.807, 2.05) is 70.2 Å². The van der Waals surface area contributed by atoms with E-state index < -0.39 is 11.6 Å². The Morgan fingerprint density at radius 2 is 1.77 bits per heavy atom. The van der Waals surface area contributed by atoms with Crippen molar-refractivity contribution in [1.82, 2.24) is 24.6 Å². The largest absolute Gasteiger partial charge is 0.493 e. The zero-order valence-corrected chi connectivity index (χ0v) is 24.9. The van der Waals surface area contributed by atoms with Crippen LogP contribution in [0.2, 0.25) is 0 Å². The zero-order chi connectivity index (χ0) is 28.8. The molecule has 2 aromatic heterocycles. The number of hydrogen-bond donors (Lipinski definition) is 0. The van der Waals surface area contributed by atoms with Gasteiger partial charge in [0.2, 0.25) is 0 Å². The molecule has 5 rings (SSSR count). The first kappa shape index (κ1) is 27.6. The Bertz CT molecular complexity index is 1680. The van der Waals surface area contributed by atoms with Crippen molar-refractivity contribution < 1.29 is 14.3 Å². The van der Waals surface area contributed by atoms with Crippen LogP contribution in [0.4, 0.5) is 0 Å². The fourth-order valence-electron chi connectivity index (χ4n) is 4.91. The number of aryl methyl sites for hydroxylation is 1. The maximum absolute atomic E-state index is 13.9. The molecule has 1 amide bonds.